The van der Waals surface area contributed by atoms with Crippen LogP contribution in [0.2, 0.25) is 0 Å². The molecule has 2 atom stereocenters. The van der Waals surface area contributed by atoms with E-state index in [1.807, 2.05) is 73.7 Å². The third kappa shape index (κ3) is 5.16. The number of hydrogen-bond acceptors (Lipinski definition) is 7. The van der Waals surface area contributed by atoms with E-state index in [0.29, 0.717) is 30.8 Å². The Hall–Kier alpha value is -3.96. The Labute approximate surface area is 209 Å². The van der Waals surface area contributed by atoms with Crippen LogP contribution in [0.25, 0.3) is 10.9 Å². The largest absolute Gasteiger partial charge is 0.457 e. The molecule has 0 bridgehead atoms. The quantitative estimate of drug-likeness (QED) is 0.355. The predicted octanol–water partition coefficient (Wildman–Crippen LogP) is 4.73. The summed E-state index contributed by atoms with van der Waals surface area (Å²) in [6, 6.07) is 21.2. The fourth-order valence-corrected chi connectivity index (χ4v) is 4.22. The molecule has 2 unspecified atom stereocenters. The minimum atomic E-state index is -1.38. The summed E-state index contributed by atoms with van der Waals surface area (Å²) in [7, 11) is 0. The lowest BCUT2D eigenvalue weighted by atomic mass is 9.89. The van der Waals surface area contributed by atoms with Gasteiger partial charge in [0.15, 0.2) is 5.60 Å². The van der Waals surface area contributed by atoms with Gasteiger partial charge in [-0.2, -0.15) is 0 Å². The van der Waals surface area contributed by atoms with Gasteiger partial charge < -0.3 is 25.0 Å². The average Bonchev–Trinajstić information content (AvgIpc) is 2.90. The molecule has 1 aromatic heterocycles. The van der Waals surface area contributed by atoms with Crippen LogP contribution in [-0.4, -0.2) is 45.1 Å². The molecule has 1 fully saturated rings. The number of aliphatic hydroxyl groups excluding tert-OH is 1. The van der Waals surface area contributed by atoms with Crippen molar-refractivity contribution in [3.63, 3.8) is 0 Å². The first-order valence-electron chi connectivity index (χ1n) is 11.9. The Morgan fingerprint density at radius 1 is 1.11 bits per heavy atom. The number of rotatable bonds is 5. The molecule has 7 heteroatoms. The van der Waals surface area contributed by atoms with Crippen molar-refractivity contribution in [1.82, 2.24) is 9.97 Å². The number of anilines is 2. The second kappa shape index (κ2) is 10.3. The third-order valence-electron chi connectivity index (χ3n) is 6.19. The molecule has 1 aliphatic rings. The molecule has 1 aliphatic heterocycles. The molecule has 1 saturated heterocycles. The van der Waals surface area contributed by atoms with Crippen LogP contribution in [-0.2, 0) is 4.74 Å². The van der Waals surface area contributed by atoms with Gasteiger partial charge in [-0.25, -0.2) is 9.97 Å². The van der Waals surface area contributed by atoms with Crippen molar-refractivity contribution in [1.29, 1.82) is 0 Å². The van der Waals surface area contributed by atoms with Crippen molar-refractivity contribution in [2.75, 3.05) is 18.5 Å². The van der Waals surface area contributed by atoms with Gasteiger partial charge in [0, 0.05) is 23.2 Å². The second-order valence-electron chi connectivity index (χ2n) is 8.79. The minimum absolute atomic E-state index is 0.278. The minimum Gasteiger partial charge on any atom is -0.457 e. The molecule has 2 heterocycles. The van der Waals surface area contributed by atoms with Crippen molar-refractivity contribution in [3.05, 3.63) is 84.2 Å². The topological polar surface area (TPSA) is 96.7 Å². The maximum atomic E-state index is 10.9. The fourth-order valence-electron chi connectivity index (χ4n) is 4.22. The van der Waals surface area contributed by atoms with Crippen LogP contribution < -0.4 is 10.1 Å². The van der Waals surface area contributed by atoms with Gasteiger partial charge in [-0.1, -0.05) is 30.0 Å². The monoisotopic (exact) mass is 481 g/mol. The van der Waals surface area contributed by atoms with Crippen molar-refractivity contribution in [2.45, 2.75) is 31.5 Å². The molecule has 3 N–H and O–H groups in total. The SMILES string of the molecule is Cc1cc(Nc2ncnc3ccc(C#CC4(O)CCCOC4CO)cc23)ccc1Oc1ccccc1. The van der Waals surface area contributed by atoms with Crippen molar-refractivity contribution in [3.8, 4) is 23.3 Å². The van der Waals surface area contributed by atoms with E-state index < -0.39 is 11.7 Å². The Kier molecular flexibility index (Phi) is 6.83. The highest BCUT2D eigenvalue weighted by molar-refractivity contribution is 5.91. The molecule has 36 heavy (non-hydrogen) atoms. The van der Waals surface area contributed by atoms with Gasteiger partial charge in [0.1, 0.15) is 29.7 Å². The number of aryl methyl sites for hydroxylation is 1. The number of benzene rings is 3. The van der Waals surface area contributed by atoms with Crippen molar-refractivity contribution >= 4 is 22.4 Å². The average molecular weight is 482 g/mol. The predicted molar refractivity (Wildman–Crippen MR) is 138 cm³/mol. The second-order valence-corrected chi connectivity index (χ2v) is 8.79. The normalized spacial score (nSPS) is 19.4. The summed E-state index contributed by atoms with van der Waals surface area (Å²) in [5, 5.41) is 24.6. The zero-order chi connectivity index (χ0) is 25.0. The van der Waals surface area contributed by atoms with Gasteiger partial charge in [0.2, 0.25) is 0 Å². The van der Waals surface area contributed by atoms with Gasteiger partial charge in [0.05, 0.1) is 12.1 Å². The number of ether oxygens (including phenoxy) is 2. The molecule has 0 spiro atoms. The summed E-state index contributed by atoms with van der Waals surface area (Å²) in [5.74, 6) is 8.19. The maximum absolute atomic E-state index is 10.9. The summed E-state index contributed by atoms with van der Waals surface area (Å²) in [6.45, 7) is 2.23. The van der Waals surface area contributed by atoms with E-state index in [2.05, 4.69) is 27.1 Å². The third-order valence-corrected chi connectivity index (χ3v) is 6.19. The van der Waals surface area contributed by atoms with Gasteiger partial charge in [0.25, 0.3) is 0 Å². The molecule has 4 aromatic rings. The van der Waals surface area contributed by atoms with E-state index in [9.17, 15) is 10.2 Å². The smallest absolute Gasteiger partial charge is 0.154 e. The Bertz CT molecular complexity index is 1430. The van der Waals surface area contributed by atoms with E-state index in [4.69, 9.17) is 9.47 Å². The number of nitrogens with zero attached hydrogens (tertiary/aromatic N) is 2. The van der Waals surface area contributed by atoms with Gasteiger partial charge in [-0.05, 0) is 73.9 Å². The number of hydrogen-bond donors (Lipinski definition) is 3. The molecular weight excluding hydrogens is 454 g/mol. The highest BCUT2D eigenvalue weighted by Crippen LogP contribution is 2.30. The Balaban J connectivity index is 1.40. The van der Waals surface area contributed by atoms with Crippen molar-refractivity contribution < 1.29 is 19.7 Å². The fraction of sp³-hybridized carbons (Fsp3) is 0.241. The molecule has 3 aromatic carbocycles. The highest BCUT2D eigenvalue weighted by atomic mass is 16.5. The summed E-state index contributed by atoms with van der Waals surface area (Å²) in [4.78, 5) is 8.82. The highest BCUT2D eigenvalue weighted by Gasteiger charge is 2.38. The molecule has 0 saturated carbocycles. The van der Waals surface area contributed by atoms with Gasteiger partial charge in [-0.15, -0.1) is 0 Å². The molecule has 5 rings (SSSR count). The first-order chi connectivity index (χ1) is 17.5. The molecule has 182 valence electrons. The van der Waals surface area contributed by atoms with Crippen molar-refractivity contribution in [2.24, 2.45) is 0 Å². The number of aliphatic hydroxyl groups is 2. The zero-order valence-electron chi connectivity index (χ0n) is 19.9. The number of fused-ring (bicyclic) bond motifs is 1. The maximum Gasteiger partial charge on any atom is 0.154 e. The van der Waals surface area contributed by atoms with E-state index in [1.165, 1.54) is 6.33 Å². The number of para-hydroxylation sites is 1. The molecule has 0 radical (unpaired) electrons. The standard InChI is InChI=1S/C29H27N3O4/c1-20-16-22(9-11-26(20)36-23-6-3-2-4-7-23)32-28-24-17-21(8-10-25(24)30-19-31-28)12-14-29(34)13-5-15-35-27(29)18-33/h2-4,6-11,16-17,19,27,33-34H,5,13,15,18H2,1H3,(H,30,31,32). The summed E-state index contributed by atoms with van der Waals surface area (Å²) in [5.41, 5.74) is 1.95. The molecular formula is C29H27N3O4. The summed E-state index contributed by atoms with van der Waals surface area (Å²) >= 11 is 0. The molecule has 7 nitrogen and oxygen atoms in total. The van der Waals surface area contributed by atoms with Gasteiger partial charge >= 0.3 is 0 Å². The lowest BCUT2D eigenvalue weighted by Crippen LogP contribution is -2.48. The van der Waals surface area contributed by atoms with Crippen LogP contribution >= 0.6 is 0 Å². The van der Waals surface area contributed by atoms with Crippen LogP contribution in [0.1, 0.15) is 24.0 Å². The zero-order valence-corrected chi connectivity index (χ0v) is 19.9. The van der Waals surface area contributed by atoms with Crippen LogP contribution in [0.4, 0.5) is 11.5 Å². The number of aromatic nitrogens is 2. The van der Waals surface area contributed by atoms with E-state index in [-0.39, 0.29) is 6.61 Å². The lowest BCUT2D eigenvalue weighted by Gasteiger charge is -2.34. The van der Waals surface area contributed by atoms with Crippen LogP contribution in [0.3, 0.4) is 0 Å². The molecule has 0 amide bonds. The molecule has 0 aliphatic carbocycles. The first kappa shape index (κ1) is 23.8. The Morgan fingerprint density at radius 2 is 1.97 bits per heavy atom. The van der Waals surface area contributed by atoms with Crippen LogP contribution in [0, 0.1) is 18.8 Å². The summed E-state index contributed by atoms with van der Waals surface area (Å²) in [6.07, 6.45) is 1.95. The van der Waals surface area contributed by atoms with E-state index >= 15 is 0 Å². The number of nitrogens with one attached hydrogen (secondary N) is 1. The first-order valence-corrected chi connectivity index (χ1v) is 11.9. The van der Waals surface area contributed by atoms with Crippen LogP contribution in [0.15, 0.2) is 73.1 Å². The Morgan fingerprint density at radius 3 is 2.78 bits per heavy atom. The van der Waals surface area contributed by atoms with Gasteiger partial charge in [-0.3, -0.25) is 0 Å². The van der Waals surface area contributed by atoms with Crippen LogP contribution in [0.5, 0.6) is 11.5 Å². The lowest BCUT2D eigenvalue weighted by molar-refractivity contribution is -0.129. The summed E-state index contributed by atoms with van der Waals surface area (Å²) < 4.78 is 11.5. The van der Waals surface area contributed by atoms with E-state index in [1.54, 1.807) is 0 Å². The van der Waals surface area contributed by atoms with E-state index in [0.717, 1.165) is 33.7 Å².